The van der Waals surface area contributed by atoms with Gasteiger partial charge in [0.05, 0.1) is 0 Å². The van der Waals surface area contributed by atoms with E-state index in [0.717, 1.165) is 0 Å². The topological polar surface area (TPSA) is 118 Å². The highest BCUT2D eigenvalue weighted by Crippen LogP contribution is 2.20. The number of aromatic nitrogens is 2. The fourth-order valence-electron chi connectivity index (χ4n) is 2.56. The van der Waals surface area contributed by atoms with Crippen LogP contribution in [-0.4, -0.2) is 21.2 Å². The van der Waals surface area contributed by atoms with E-state index >= 15 is 0 Å². The van der Waals surface area contributed by atoms with Crippen molar-refractivity contribution in [2.24, 2.45) is 0 Å². The molecule has 0 saturated heterocycles. The molecule has 2 aromatic heterocycles. The summed E-state index contributed by atoms with van der Waals surface area (Å²) in [7, 11) is 0. The van der Waals surface area contributed by atoms with E-state index in [9.17, 15) is 9.59 Å². The molecule has 0 spiro atoms. The average molecular weight is 363 g/mol. The number of aliphatic hydroxyl groups excluding tert-OH is 1. The molecule has 0 unspecified atom stereocenters. The molecule has 2 aromatic carbocycles. The Hall–Kier alpha value is -3.78. The summed E-state index contributed by atoms with van der Waals surface area (Å²) < 4.78 is 9.92. The second kappa shape index (κ2) is 6.85. The summed E-state index contributed by atoms with van der Waals surface area (Å²) in [5.41, 5.74) is 1.72. The fourth-order valence-corrected chi connectivity index (χ4v) is 2.56. The molecule has 27 heavy (non-hydrogen) atoms. The minimum Gasteiger partial charge on any atom is -0.423 e. The van der Waals surface area contributed by atoms with Crippen molar-refractivity contribution >= 4 is 22.6 Å². The molecule has 0 aliphatic rings. The van der Waals surface area contributed by atoms with Crippen molar-refractivity contribution in [1.82, 2.24) is 10.1 Å². The summed E-state index contributed by atoms with van der Waals surface area (Å²) in [5.74, 6) is 0.170. The Kier molecular flexibility index (Phi) is 4.23. The number of rotatable bonds is 4. The molecular formula is C19H13N3O5. The van der Waals surface area contributed by atoms with Crippen molar-refractivity contribution in [2.45, 2.75) is 6.61 Å². The number of nitrogens with one attached hydrogen (secondary N) is 1. The summed E-state index contributed by atoms with van der Waals surface area (Å²) in [6.45, 7) is -0.331. The monoisotopic (exact) mass is 363 g/mol. The van der Waals surface area contributed by atoms with Gasteiger partial charge in [-0.1, -0.05) is 17.3 Å². The molecule has 0 saturated carbocycles. The van der Waals surface area contributed by atoms with E-state index in [1.54, 1.807) is 48.5 Å². The quantitative estimate of drug-likeness (QED) is 0.535. The Morgan fingerprint density at radius 3 is 2.63 bits per heavy atom. The summed E-state index contributed by atoms with van der Waals surface area (Å²) in [5, 5.41) is 16.2. The largest absolute Gasteiger partial charge is 0.423 e. The Morgan fingerprint density at radius 2 is 1.89 bits per heavy atom. The van der Waals surface area contributed by atoms with Gasteiger partial charge in [0.2, 0.25) is 5.82 Å². The Morgan fingerprint density at radius 1 is 1.07 bits per heavy atom. The van der Waals surface area contributed by atoms with E-state index in [0.29, 0.717) is 33.6 Å². The lowest BCUT2D eigenvalue weighted by Gasteiger charge is -2.06. The van der Waals surface area contributed by atoms with Gasteiger partial charge in [0, 0.05) is 28.3 Å². The number of benzene rings is 2. The molecule has 2 N–H and O–H groups in total. The maximum Gasteiger partial charge on any atom is 0.336 e. The van der Waals surface area contributed by atoms with Gasteiger partial charge in [-0.25, -0.2) is 4.79 Å². The van der Waals surface area contributed by atoms with Gasteiger partial charge in [-0.3, -0.25) is 4.79 Å². The second-order valence-corrected chi connectivity index (χ2v) is 5.71. The first-order chi connectivity index (χ1) is 13.1. The molecule has 0 bridgehead atoms. The number of carbonyl (C=O) groups excluding carboxylic acids is 1. The Balaban J connectivity index is 1.52. The Labute approximate surface area is 152 Å². The first-order valence-electron chi connectivity index (χ1n) is 8.01. The number of nitrogens with zero attached hydrogens (tertiary/aromatic N) is 2. The highest BCUT2D eigenvalue weighted by Gasteiger charge is 2.11. The molecule has 0 aliphatic carbocycles. The summed E-state index contributed by atoms with van der Waals surface area (Å²) >= 11 is 0. The number of hydrogen-bond acceptors (Lipinski definition) is 7. The van der Waals surface area contributed by atoms with Gasteiger partial charge in [0.15, 0.2) is 0 Å². The standard InChI is InChI=1S/C19H13N3O5/c23-10-16-21-18(22-27-16)11-1-3-12(4-2-11)19(25)20-14-6-7-15-13(9-14)5-8-17(24)26-15/h1-9,23H,10H2,(H,20,25). The first kappa shape index (κ1) is 16.7. The zero-order valence-electron chi connectivity index (χ0n) is 13.9. The van der Waals surface area contributed by atoms with E-state index in [1.807, 2.05) is 0 Å². The van der Waals surface area contributed by atoms with Crippen LogP contribution in [0.3, 0.4) is 0 Å². The van der Waals surface area contributed by atoms with Gasteiger partial charge >= 0.3 is 5.63 Å². The van der Waals surface area contributed by atoms with Crippen LogP contribution < -0.4 is 10.9 Å². The van der Waals surface area contributed by atoms with Crippen molar-refractivity contribution in [3.63, 3.8) is 0 Å². The van der Waals surface area contributed by atoms with Gasteiger partial charge in [-0.15, -0.1) is 0 Å². The number of amides is 1. The van der Waals surface area contributed by atoms with Crippen LogP contribution in [-0.2, 0) is 6.61 Å². The number of carbonyl (C=O) groups is 1. The summed E-state index contributed by atoms with van der Waals surface area (Å²) in [6.07, 6.45) is 0. The smallest absolute Gasteiger partial charge is 0.336 e. The molecule has 0 aliphatic heterocycles. The van der Waals surface area contributed by atoms with E-state index in [-0.39, 0.29) is 18.4 Å². The van der Waals surface area contributed by atoms with Crippen molar-refractivity contribution < 1.29 is 18.8 Å². The predicted octanol–water partition coefficient (Wildman–Crippen LogP) is 2.59. The number of hydrogen-bond donors (Lipinski definition) is 2. The minimum absolute atomic E-state index is 0.124. The van der Waals surface area contributed by atoms with Gasteiger partial charge in [0.1, 0.15) is 12.2 Å². The van der Waals surface area contributed by atoms with Gasteiger partial charge in [-0.2, -0.15) is 4.98 Å². The highest BCUT2D eigenvalue weighted by molar-refractivity contribution is 6.05. The van der Waals surface area contributed by atoms with Crippen molar-refractivity contribution in [3.05, 3.63) is 76.5 Å². The Bertz CT molecular complexity index is 1180. The van der Waals surface area contributed by atoms with Crippen LogP contribution >= 0.6 is 0 Å². The van der Waals surface area contributed by atoms with Crippen molar-refractivity contribution in [3.8, 4) is 11.4 Å². The third-order valence-electron chi connectivity index (χ3n) is 3.89. The SMILES string of the molecule is O=C(Nc1ccc2oc(=O)ccc2c1)c1ccc(-c2noc(CO)n2)cc1. The van der Waals surface area contributed by atoms with Gasteiger partial charge in [0.25, 0.3) is 11.8 Å². The molecule has 1 amide bonds. The molecule has 8 nitrogen and oxygen atoms in total. The maximum absolute atomic E-state index is 12.4. The van der Waals surface area contributed by atoms with E-state index < -0.39 is 5.63 Å². The molecule has 4 rings (SSSR count). The van der Waals surface area contributed by atoms with Gasteiger partial charge in [-0.05, 0) is 36.4 Å². The number of anilines is 1. The normalized spacial score (nSPS) is 10.9. The van der Waals surface area contributed by atoms with Gasteiger partial charge < -0.3 is 19.4 Å². The maximum atomic E-state index is 12.4. The van der Waals surface area contributed by atoms with Crippen LogP contribution in [0.5, 0.6) is 0 Å². The second-order valence-electron chi connectivity index (χ2n) is 5.71. The van der Waals surface area contributed by atoms with E-state index in [4.69, 9.17) is 14.0 Å². The van der Waals surface area contributed by atoms with Crippen LogP contribution in [0, 0.1) is 0 Å². The third kappa shape index (κ3) is 3.46. The van der Waals surface area contributed by atoms with Crippen LogP contribution in [0.2, 0.25) is 0 Å². The average Bonchev–Trinajstić information content (AvgIpc) is 3.17. The van der Waals surface area contributed by atoms with E-state index in [2.05, 4.69) is 15.5 Å². The molecule has 4 aromatic rings. The first-order valence-corrected chi connectivity index (χ1v) is 8.01. The lowest BCUT2D eigenvalue weighted by molar-refractivity contribution is 0.102. The van der Waals surface area contributed by atoms with Crippen molar-refractivity contribution in [1.29, 1.82) is 0 Å². The third-order valence-corrected chi connectivity index (χ3v) is 3.89. The number of aliphatic hydroxyl groups is 1. The molecule has 134 valence electrons. The zero-order chi connectivity index (χ0) is 18.8. The summed E-state index contributed by atoms with van der Waals surface area (Å²) in [6, 6.07) is 14.6. The van der Waals surface area contributed by atoms with E-state index in [1.165, 1.54) is 6.07 Å². The summed E-state index contributed by atoms with van der Waals surface area (Å²) in [4.78, 5) is 27.7. The lowest BCUT2D eigenvalue weighted by atomic mass is 10.1. The van der Waals surface area contributed by atoms with Crippen LogP contribution in [0.1, 0.15) is 16.2 Å². The fraction of sp³-hybridized carbons (Fsp3) is 0.0526. The molecule has 0 fully saturated rings. The minimum atomic E-state index is -0.424. The molecule has 8 heteroatoms. The zero-order valence-corrected chi connectivity index (χ0v) is 13.9. The lowest BCUT2D eigenvalue weighted by Crippen LogP contribution is -2.11. The molecule has 0 radical (unpaired) electrons. The molecule has 2 heterocycles. The molecular weight excluding hydrogens is 350 g/mol. The van der Waals surface area contributed by atoms with Crippen LogP contribution in [0.25, 0.3) is 22.4 Å². The molecule has 0 atom stereocenters. The predicted molar refractivity (Wildman–Crippen MR) is 96.1 cm³/mol. The van der Waals surface area contributed by atoms with Crippen LogP contribution in [0.15, 0.2) is 68.3 Å². The van der Waals surface area contributed by atoms with Crippen molar-refractivity contribution in [2.75, 3.05) is 5.32 Å². The highest BCUT2D eigenvalue weighted by atomic mass is 16.5. The van der Waals surface area contributed by atoms with Crippen LogP contribution in [0.4, 0.5) is 5.69 Å². The number of fused-ring (bicyclic) bond motifs is 1.